The Kier molecular flexibility index (Phi) is 51.8. The fourth-order valence-electron chi connectivity index (χ4n) is 7.05. The molecule has 0 aromatic carbocycles. The summed E-state index contributed by atoms with van der Waals surface area (Å²) in [6, 6.07) is 0. The van der Waals surface area contributed by atoms with Crippen molar-refractivity contribution < 1.29 is 24.2 Å². The van der Waals surface area contributed by atoms with E-state index in [0.717, 1.165) is 70.6 Å². The van der Waals surface area contributed by atoms with Crippen LogP contribution < -0.4 is 0 Å². The summed E-state index contributed by atoms with van der Waals surface area (Å²) in [5.41, 5.74) is 0. The van der Waals surface area contributed by atoms with Crippen molar-refractivity contribution in [3.8, 4) is 0 Å². The van der Waals surface area contributed by atoms with Crippen molar-refractivity contribution in [1.29, 1.82) is 0 Å². The van der Waals surface area contributed by atoms with Crippen molar-refractivity contribution in [2.24, 2.45) is 0 Å². The SMILES string of the molecule is CC/C=C\C/C=C\C/C=C\CCCCCCCC(=O)OC(=O)CCCCCCCCCCCCCCC.CCCCCCCCCCCCCCCCCC(=O)O. The summed E-state index contributed by atoms with van der Waals surface area (Å²) in [7, 11) is 0. The molecule has 0 unspecified atom stereocenters. The van der Waals surface area contributed by atoms with Gasteiger partial charge in [-0.2, -0.15) is 0 Å². The first-order valence-corrected chi connectivity index (χ1v) is 24.9. The summed E-state index contributed by atoms with van der Waals surface area (Å²) in [5.74, 6) is -1.34. The normalized spacial score (nSPS) is 11.5. The zero-order valence-corrected chi connectivity index (χ0v) is 38.3. The van der Waals surface area contributed by atoms with Gasteiger partial charge in [-0.3, -0.25) is 14.4 Å². The smallest absolute Gasteiger partial charge is 0.313 e. The van der Waals surface area contributed by atoms with Gasteiger partial charge in [-0.15, -0.1) is 0 Å². The molecule has 0 fully saturated rings. The Hall–Kier alpha value is -2.17. The lowest BCUT2D eigenvalue weighted by molar-refractivity contribution is -0.159. The summed E-state index contributed by atoms with van der Waals surface area (Å²) in [6.45, 7) is 6.69. The van der Waals surface area contributed by atoms with Gasteiger partial charge in [-0.25, -0.2) is 0 Å². The van der Waals surface area contributed by atoms with Gasteiger partial charge in [0.05, 0.1) is 0 Å². The lowest BCUT2D eigenvalue weighted by Gasteiger charge is -2.04. The number of hydrogen-bond donors (Lipinski definition) is 1. The number of esters is 2. The van der Waals surface area contributed by atoms with Crippen LogP contribution in [-0.2, 0) is 19.1 Å². The molecular weight excluding hydrogens is 705 g/mol. The predicted molar refractivity (Wildman–Crippen MR) is 248 cm³/mol. The van der Waals surface area contributed by atoms with Crippen LogP contribution in [0.1, 0.15) is 278 Å². The highest BCUT2D eigenvalue weighted by molar-refractivity contribution is 5.85. The molecule has 0 saturated carbocycles. The molecule has 0 amide bonds. The molecule has 0 rings (SSSR count). The Labute approximate surface area is 355 Å². The van der Waals surface area contributed by atoms with Gasteiger partial charge < -0.3 is 9.84 Å². The molecule has 5 heteroatoms. The zero-order valence-electron chi connectivity index (χ0n) is 38.3. The summed E-state index contributed by atoms with van der Waals surface area (Å²) in [4.78, 5) is 34.1. The van der Waals surface area contributed by atoms with E-state index in [0.29, 0.717) is 19.3 Å². The first kappa shape index (κ1) is 56.9. The number of unbranched alkanes of at least 4 members (excludes halogenated alkanes) is 31. The molecule has 0 aliphatic carbocycles. The van der Waals surface area contributed by atoms with Crippen molar-refractivity contribution in [1.82, 2.24) is 0 Å². The van der Waals surface area contributed by atoms with Crippen LogP contribution in [0.2, 0.25) is 0 Å². The second kappa shape index (κ2) is 51.8. The molecule has 5 nitrogen and oxygen atoms in total. The topological polar surface area (TPSA) is 80.7 Å². The molecule has 57 heavy (non-hydrogen) atoms. The van der Waals surface area contributed by atoms with Crippen LogP contribution in [0, 0.1) is 0 Å². The van der Waals surface area contributed by atoms with E-state index in [4.69, 9.17) is 9.84 Å². The Bertz CT molecular complexity index is 919. The van der Waals surface area contributed by atoms with Crippen molar-refractivity contribution >= 4 is 17.9 Å². The molecule has 0 radical (unpaired) electrons. The molecule has 0 bridgehead atoms. The monoisotopic (exact) mass is 801 g/mol. The first-order chi connectivity index (χ1) is 28.0. The van der Waals surface area contributed by atoms with Crippen LogP contribution in [-0.4, -0.2) is 23.0 Å². The van der Waals surface area contributed by atoms with E-state index >= 15 is 0 Å². The number of carbonyl (C=O) groups excluding carboxylic acids is 2. The molecule has 334 valence electrons. The summed E-state index contributed by atoms with van der Waals surface area (Å²) in [5, 5.41) is 8.52. The zero-order chi connectivity index (χ0) is 42.0. The minimum absolute atomic E-state index is 0.341. The van der Waals surface area contributed by atoms with Gasteiger partial charge in [0.1, 0.15) is 0 Å². The molecule has 0 saturated heterocycles. The number of carbonyl (C=O) groups is 3. The lowest BCUT2D eigenvalue weighted by Crippen LogP contribution is -2.11. The Morgan fingerprint density at radius 1 is 0.351 bits per heavy atom. The van der Waals surface area contributed by atoms with E-state index in [2.05, 4.69) is 57.2 Å². The van der Waals surface area contributed by atoms with Gasteiger partial charge in [-0.1, -0.05) is 243 Å². The van der Waals surface area contributed by atoms with Crippen LogP contribution in [0.15, 0.2) is 36.5 Å². The quantitative estimate of drug-likeness (QED) is 0.0287. The molecule has 1 N–H and O–H groups in total. The van der Waals surface area contributed by atoms with E-state index in [-0.39, 0.29) is 11.9 Å². The van der Waals surface area contributed by atoms with Crippen LogP contribution in [0.25, 0.3) is 0 Å². The maximum atomic E-state index is 11.9. The fourth-order valence-corrected chi connectivity index (χ4v) is 7.05. The fraction of sp³-hybridized carbons (Fsp3) is 0.827. The number of rotatable bonds is 43. The molecule has 0 atom stereocenters. The molecule has 0 aliphatic heterocycles. The average Bonchev–Trinajstić information content (AvgIpc) is 3.19. The highest BCUT2D eigenvalue weighted by atomic mass is 16.6. The molecule has 0 aromatic heterocycles. The number of carboxylic acid groups (broad SMARTS) is 1. The van der Waals surface area contributed by atoms with Crippen LogP contribution in [0.5, 0.6) is 0 Å². The number of allylic oxidation sites excluding steroid dienone is 6. The van der Waals surface area contributed by atoms with Crippen LogP contribution in [0.3, 0.4) is 0 Å². The third kappa shape index (κ3) is 56.0. The van der Waals surface area contributed by atoms with E-state index < -0.39 is 5.97 Å². The number of carboxylic acids is 1. The average molecular weight is 801 g/mol. The first-order valence-electron chi connectivity index (χ1n) is 24.9. The summed E-state index contributed by atoms with van der Waals surface area (Å²) >= 11 is 0. The van der Waals surface area contributed by atoms with Gasteiger partial charge in [0, 0.05) is 19.3 Å². The summed E-state index contributed by atoms with van der Waals surface area (Å²) in [6.07, 6.45) is 60.6. The molecular formula is C52H96O5. The van der Waals surface area contributed by atoms with Crippen molar-refractivity contribution in [3.63, 3.8) is 0 Å². The van der Waals surface area contributed by atoms with E-state index in [1.165, 1.54) is 167 Å². The number of aliphatic carboxylic acids is 1. The predicted octanol–water partition coefficient (Wildman–Crippen LogP) is 17.5. The standard InChI is InChI=1S/C34H60O3.C18H36O2/c1-3-5-7-9-11-13-15-17-18-20-22-24-26-28-30-32-34(36)37-33(35)31-29-27-25-23-21-19-16-14-12-10-8-6-4-2;1-2-3-4-5-6-7-8-9-10-11-12-13-14-15-16-17-18(19)20/h5,7,11,13,17-18H,3-4,6,8-10,12,14-16,19-32H2,1-2H3;2-17H2,1H3,(H,19,20)/b7-5-,13-11-,18-17-;. The van der Waals surface area contributed by atoms with E-state index in [9.17, 15) is 14.4 Å². The van der Waals surface area contributed by atoms with E-state index in [1.54, 1.807) is 0 Å². The van der Waals surface area contributed by atoms with Crippen molar-refractivity contribution in [2.75, 3.05) is 0 Å². The minimum Gasteiger partial charge on any atom is -0.481 e. The second-order valence-corrected chi connectivity index (χ2v) is 16.5. The highest BCUT2D eigenvalue weighted by Gasteiger charge is 2.10. The maximum absolute atomic E-state index is 11.9. The van der Waals surface area contributed by atoms with Gasteiger partial charge in [-0.05, 0) is 51.4 Å². The third-order valence-electron chi connectivity index (χ3n) is 10.7. The molecule has 0 aromatic rings. The Morgan fingerprint density at radius 3 is 0.965 bits per heavy atom. The molecule has 0 aliphatic rings. The minimum atomic E-state index is -0.653. The highest BCUT2D eigenvalue weighted by Crippen LogP contribution is 2.15. The van der Waals surface area contributed by atoms with Gasteiger partial charge in [0.15, 0.2) is 0 Å². The molecule has 0 spiro atoms. The second-order valence-electron chi connectivity index (χ2n) is 16.5. The van der Waals surface area contributed by atoms with Gasteiger partial charge >= 0.3 is 17.9 Å². The number of ether oxygens (including phenoxy) is 1. The Morgan fingerprint density at radius 2 is 0.632 bits per heavy atom. The maximum Gasteiger partial charge on any atom is 0.313 e. The summed E-state index contributed by atoms with van der Waals surface area (Å²) < 4.78 is 4.98. The van der Waals surface area contributed by atoms with Gasteiger partial charge in [0.25, 0.3) is 0 Å². The van der Waals surface area contributed by atoms with Crippen molar-refractivity contribution in [3.05, 3.63) is 36.5 Å². The van der Waals surface area contributed by atoms with Crippen LogP contribution in [0.4, 0.5) is 0 Å². The van der Waals surface area contributed by atoms with Crippen LogP contribution >= 0.6 is 0 Å². The molecule has 0 heterocycles. The third-order valence-corrected chi connectivity index (χ3v) is 10.7. The Balaban J connectivity index is 0. The number of hydrogen-bond acceptors (Lipinski definition) is 4. The van der Waals surface area contributed by atoms with Crippen molar-refractivity contribution in [2.45, 2.75) is 278 Å². The van der Waals surface area contributed by atoms with Gasteiger partial charge in [0.2, 0.25) is 0 Å². The largest absolute Gasteiger partial charge is 0.481 e. The lowest BCUT2D eigenvalue weighted by atomic mass is 10.0. The van der Waals surface area contributed by atoms with E-state index in [1.807, 2.05) is 0 Å².